The molecule has 0 bridgehead atoms. The van der Waals surface area contributed by atoms with Gasteiger partial charge in [-0.2, -0.15) is 13.1 Å². The van der Waals surface area contributed by atoms with Crippen LogP contribution in [-0.4, -0.2) is 14.5 Å². The van der Waals surface area contributed by atoms with E-state index in [1.54, 1.807) is 12.1 Å². The summed E-state index contributed by atoms with van der Waals surface area (Å²) in [4.78, 5) is 0. The Morgan fingerprint density at radius 3 is 2.36 bits per heavy atom. The fourth-order valence-corrected chi connectivity index (χ4v) is 5.02. The van der Waals surface area contributed by atoms with Crippen LogP contribution in [0.2, 0.25) is 5.02 Å². The third kappa shape index (κ3) is 5.02. The molecule has 152 valence electrons. The van der Waals surface area contributed by atoms with Crippen molar-refractivity contribution in [2.24, 2.45) is 0 Å². The summed E-state index contributed by atoms with van der Waals surface area (Å²) in [6, 6.07) is 5.00. The molecule has 0 amide bonds. The Labute approximate surface area is 179 Å². The summed E-state index contributed by atoms with van der Waals surface area (Å²) in [5.41, 5.74) is -1.41. The van der Waals surface area contributed by atoms with Gasteiger partial charge >= 0.3 is 0 Å². The van der Waals surface area contributed by atoms with Gasteiger partial charge in [-0.25, -0.2) is 13.2 Å². The molecule has 0 unspecified atom stereocenters. The summed E-state index contributed by atoms with van der Waals surface area (Å²) in [6.07, 6.45) is 3.08. The van der Waals surface area contributed by atoms with Crippen LogP contribution >= 0.6 is 34.2 Å². The molecule has 11 heteroatoms. The van der Waals surface area contributed by atoms with E-state index in [1.165, 1.54) is 6.07 Å². The highest BCUT2D eigenvalue weighted by Gasteiger charge is 2.25. The summed E-state index contributed by atoms with van der Waals surface area (Å²) >= 11 is 8.03. The van der Waals surface area contributed by atoms with Crippen LogP contribution in [0.3, 0.4) is 0 Å². The van der Waals surface area contributed by atoms with E-state index < -0.39 is 39.0 Å². The fraction of sp³-hybridized carbons (Fsp3) is 0.294. The number of nitrogens with one attached hydrogen (secondary N) is 3. The average molecular weight is 546 g/mol. The lowest BCUT2D eigenvalue weighted by Crippen LogP contribution is -2.37. The first-order valence-electron chi connectivity index (χ1n) is 8.36. The largest absolute Gasteiger partial charge is 0.349 e. The molecular weight excluding hydrogens is 530 g/mol. The number of halogens is 5. The summed E-state index contributed by atoms with van der Waals surface area (Å²) in [5.74, 6) is -4.26. The van der Waals surface area contributed by atoms with Gasteiger partial charge in [-0.15, -0.1) is 0 Å². The third-order valence-electron chi connectivity index (χ3n) is 4.27. The second-order valence-electron chi connectivity index (χ2n) is 6.36. The van der Waals surface area contributed by atoms with Crippen molar-refractivity contribution in [3.8, 4) is 0 Å². The maximum Gasteiger partial charge on any atom is 0.299 e. The molecule has 0 aromatic heterocycles. The topological polar surface area (TPSA) is 70.2 Å². The number of hydrogen-bond donors (Lipinski definition) is 3. The summed E-state index contributed by atoms with van der Waals surface area (Å²) in [7, 11) is -4.17. The fourth-order valence-electron chi connectivity index (χ4n) is 2.95. The predicted octanol–water partition coefficient (Wildman–Crippen LogP) is 5.29. The standard InChI is InChI=1S/C17H16ClF3IN3O2S/c18-11-7-9(22)5-6-13(11)23-17-12(19)8-14(15(20)16(17)21)25-28(26,27)24-10-3-1-2-4-10/h5-8,10,23-25H,1-4H2. The molecule has 0 radical (unpaired) electrons. The zero-order chi connectivity index (χ0) is 20.5. The minimum atomic E-state index is -4.17. The van der Waals surface area contributed by atoms with Crippen molar-refractivity contribution >= 4 is 61.5 Å². The van der Waals surface area contributed by atoms with E-state index in [2.05, 4.69) is 10.0 Å². The zero-order valence-electron chi connectivity index (χ0n) is 14.3. The molecule has 0 spiro atoms. The van der Waals surface area contributed by atoms with Crippen LogP contribution in [0, 0.1) is 21.0 Å². The highest BCUT2D eigenvalue weighted by Crippen LogP contribution is 2.33. The van der Waals surface area contributed by atoms with Gasteiger partial charge in [0.1, 0.15) is 5.69 Å². The highest BCUT2D eigenvalue weighted by atomic mass is 127. The number of anilines is 3. The van der Waals surface area contributed by atoms with Crippen LogP contribution in [0.25, 0.3) is 0 Å². The molecule has 1 fully saturated rings. The molecule has 1 aliphatic carbocycles. The van der Waals surface area contributed by atoms with Gasteiger partial charge in [0.15, 0.2) is 17.5 Å². The molecule has 5 nitrogen and oxygen atoms in total. The van der Waals surface area contributed by atoms with Gasteiger partial charge < -0.3 is 5.32 Å². The highest BCUT2D eigenvalue weighted by molar-refractivity contribution is 14.1. The molecule has 0 aliphatic heterocycles. The first-order chi connectivity index (χ1) is 13.2. The van der Waals surface area contributed by atoms with E-state index in [1.807, 2.05) is 27.3 Å². The van der Waals surface area contributed by atoms with Gasteiger partial charge in [0, 0.05) is 15.7 Å². The molecule has 28 heavy (non-hydrogen) atoms. The molecule has 0 heterocycles. The number of benzene rings is 2. The second kappa shape index (κ2) is 8.64. The van der Waals surface area contributed by atoms with Crippen molar-refractivity contribution in [3.05, 3.63) is 50.3 Å². The first kappa shape index (κ1) is 21.5. The lowest BCUT2D eigenvalue weighted by atomic mass is 10.2. The number of hydrogen-bond acceptors (Lipinski definition) is 3. The lowest BCUT2D eigenvalue weighted by Gasteiger charge is -2.16. The quantitative estimate of drug-likeness (QED) is 0.341. The van der Waals surface area contributed by atoms with Gasteiger partial charge in [-0.3, -0.25) is 4.72 Å². The second-order valence-corrected chi connectivity index (χ2v) is 9.46. The van der Waals surface area contributed by atoms with E-state index in [4.69, 9.17) is 11.6 Å². The monoisotopic (exact) mass is 545 g/mol. The number of rotatable bonds is 6. The summed E-state index contributed by atoms with van der Waals surface area (Å²) in [6.45, 7) is 0. The first-order valence-corrected chi connectivity index (χ1v) is 11.3. The van der Waals surface area contributed by atoms with Crippen LogP contribution in [-0.2, 0) is 10.2 Å². The Morgan fingerprint density at radius 2 is 1.71 bits per heavy atom. The minimum Gasteiger partial charge on any atom is -0.349 e. The van der Waals surface area contributed by atoms with Crippen LogP contribution < -0.4 is 14.8 Å². The van der Waals surface area contributed by atoms with Crippen LogP contribution in [0.15, 0.2) is 24.3 Å². The molecule has 3 rings (SSSR count). The van der Waals surface area contributed by atoms with Gasteiger partial charge in [0.25, 0.3) is 10.2 Å². The Kier molecular flexibility index (Phi) is 6.62. The SMILES string of the molecule is O=S(=O)(Nc1cc(F)c(Nc2ccc(I)cc2Cl)c(F)c1F)NC1CCCC1. The maximum atomic E-state index is 14.4. The Hall–Kier alpha value is -1.24. The van der Waals surface area contributed by atoms with E-state index in [-0.39, 0.29) is 16.8 Å². The molecule has 0 atom stereocenters. The van der Waals surface area contributed by atoms with Crippen LogP contribution in [0.4, 0.5) is 30.2 Å². The van der Waals surface area contributed by atoms with Gasteiger partial charge in [-0.05, 0) is 53.6 Å². The molecule has 0 saturated heterocycles. The normalized spacial score (nSPS) is 15.0. The van der Waals surface area contributed by atoms with Gasteiger partial charge in [-0.1, -0.05) is 24.4 Å². The Morgan fingerprint density at radius 1 is 1.04 bits per heavy atom. The summed E-state index contributed by atoms with van der Waals surface area (Å²) < 4.78 is 72.4. The summed E-state index contributed by atoms with van der Waals surface area (Å²) in [5, 5.41) is 2.60. The van der Waals surface area contributed by atoms with Crippen molar-refractivity contribution in [3.63, 3.8) is 0 Å². The average Bonchev–Trinajstić information content (AvgIpc) is 3.10. The van der Waals surface area contributed by atoms with E-state index >= 15 is 0 Å². The van der Waals surface area contributed by atoms with E-state index in [9.17, 15) is 21.6 Å². The molecular formula is C17H16ClF3IN3O2S. The van der Waals surface area contributed by atoms with Gasteiger partial charge in [0.2, 0.25) is 0 Å². The van der Waals surface area contributed by atoms with E-state index in [0.717, 1.165) is 16.4 Å². The van der Waals surface area contributed by atoms with Crippen molar-refractivity contribution in [1.82, 2.24) is 4.72 Å². The maximum absolute atomic E-state index is 14.4. The lowest BCUT2D eigenvalue weighted by molar-refractivity contribution is 0.502. The molecule has 2 aromatic rings. The van der Waals surface area contributed by atoms with Crippen molar-refractivity contribution in [2.75, 3.05) is 10.0 Å². The Balaban J connectivity index is 1.85. The predicted molar refractivity (Wildman–Crippen MR) is 112 cm³/mol. The molecule has 2 aromatic carbocycles. The van der Waals surface area contributed by atoms with Crippen molar-refractivity contribution in [2.45, 2.75) is 31.7 Å². The van der Waals surface area contributed by atoms with Crippen molar-refractivity contribution in [1.29, 1.82) is 0 Å². The zero-order valence-corrected chi connectivity index (χ0v) is 18.1. The van der Waals surface area contributed by atoms with Gasteiger partial charge in [0.05, 0.1) is 16.4 Å². The van der Waals surface area contributed by atoms with E-state index in [0.29, 0.717) is 18.9 Å². The molecule has 3 N–H and O–H groups in total. The van der Waals surface area contributed by atoms with Crippen LogP contribution in [0.5, 0.6) is 0 Å². The molecule has 1 aliphatic rings. The minimum absolute atomic E-state index is 0.176. The van der Waals surface area contributed by atoms with Crippen LogP contribution in [0.1, 0.15) is 25.7 Å². The van der Waals surface area contributed by atoms with Crippen molar-refractivity contribution < 1.29 is 21.6 Å². The Bertz CT molecular complexity index is 1000. The smallest absolute Gasteiger partial charge is 0.299 e. The molecule has 1 saturated carbocycles. The third-order valence-corrected chi connectivity index (χ3v) is 6.39.